The van der Waals surface area contributed by atoms with Crippen molar-refractivity contribution >= 4 is 84.0 Å². The van der Waals surface area contributed by atoms with E-state index in [1.165, 1.54) is 12.1 Å². The minimum absolute atomic E-state index is 0. The van der Waals surface area contributed by atoms with E-state index in [-0.39, 0.29) is 56.7 Å². The number of aromatic nitrogens is 2. The van der Waals surface area contributed by atoms with Gasteiger partial charge in [-0.15, -0.1) is 10.2 Å². The van der Waals surface area contributed by atoms with Crippen LogP contribution in [0.2, 0.25) is 10.3 Å². The van der Waals surface area contributed by atoms with Gasteiger partial charge in [0.25, 0.3) is 32.1 Å². The molecule has 0 saturated heterocycles. The minimum atomic E-state index is -5.01. The van der Waals surface area contributed by atoms with Crippen molar-refractivity contribution in [2.24, 2.45) is 15.3 Å². The Morgan fingerprint density at radius 3 is 2.27 bits per heavy atom. The molecule has 0 saturated carbocycles. The molecule has 0 bridgehead atoms. The summed E-state index contributed by atoms with van der Waals surface area (Å²) in [5, 5.41) is 31.7. The molecular weight excluding hydrogens is 680 g/mol. The third-order valence-electron chi connectivity index (χ3n) is 5.60. The van der Waals surface area contributed by atoms with Gasteiger partial charge in [0.05, 0.1) is 17.2 Å². The molecule has 1 unspecified atom stereocenters. The van der Waals surface area contributed by atoms with Gasteiger partial charge in [0.2, 0.25) is 0 Å². The van der Waals surface area contributed by atoms with Gasteiger partial charge in [0, 0.05) is 5.69 Å². The van der Waals surface area contributed by atoms with Crippen molar-refractivity contribution in [3.8, 4) is 0 Å². The second-order valence-corrected chi connectivity index (χ2v) is 11.9. The van der Waals surface area contributed by atoms with Crippen LogP contribution in [0.1, 0.15) is 15.9 Å². The minimum Gasteiger partial charge on any atom is -0.543 e. The van der Waals surface area contributed by atoms with Crippen LogP contribution < -0.4 is 45.0 Å². The molecule has 22 heteroatoms. The Morgan fingerprint density at radius 1 is 1.02 bits per heavy atom. The number of carbonyl (C=O) groups excluding carboxylic acids is 3. The molecule has 0 spiro atoms. The van der Waals surface area contributed by atoms with E-state index >= 15 is 0 Å². The van der Waals surface area contributed by atoms with E-state index in [2.05, 4.69) is 30.8 Å². The molecule has 3 aromatic rings. The van der Waals surface area contributed by atoms with Gasteiger partial charge in [0.15, 0.2) is 16.3 Å². The van der Waals surface area contributed by atoms with Gasteiger partial charge in [-0.2, -0.15) is 37.2 Å². The van der Waals surface area contributed by atoms with Crippen molar-refractivity contribution in [2.75, 3.05) is 10.3 Å². The fourth-order valence-electron chi connectivity index (χ4n) is 3.70. The molecule has 2 aromatic carbocycles. The van der Waals surface area contributed by atoms with Crippen molar-refractivity contribution < 1.29 is 75.0 Å². The van der Waals surface area contributed by atoms with E-state index in [9.17, 15) is 45.4 Å². The zero-order chi connectivity index (χ0) is 31.9. The summed E-state index contributed by atoms with van der Waals surface area (Å²) in [4.78, 5) is 36.5. The van der Waals surface area contributed by atoms with Gasteiger partial charge in [-0.25, -0.2) is 0 Å². The fourth-order valence-corrected chi connectivity index (χ4v) is 5.41. The van der Waals surface area contributed by atoms with Crippen molar-refractivity contribution in [1.29, 1.82) is 0 Å². The van der Waals surface area contributed by atoms with Gasteiger partial charge in [-0.05, 0) is 42.8 Å². The van der Waals surface area contributed by atoms with Crippen molar-refractivity contribution in [3.63, 3.8) is 0 Å². The van der Waals surface area contributed by atoms with Crippen molar-refractivity contribution in [3.05, 3.63) is 63.9 Å². The van der Waals surface area contributed by atoms with Crippen LogP contribution in [0.15, 0.2) is 67.6 Å². The number of carboxylic acid groups (broad SMARTS) is 1. The second-order valence-electron chi connectivity index (χ2n) is 8.40. The largest absolute Gasteiger partial charge is 1.00 e. The van der Waals surface area contributed by atoms with Gasteiger partial charge in [0.1, 0.15) is 21.2 Å². The summed E-state index contributed by atoms with van der Waals surface area (Å²) in [5.74, 6) is -4.18. The Hall–Kier alpha value is -3.40. The molecule has 4 rings (SSSR count). The Morgan fingerprint density at radius 2 is 1.66 bits per heavy atom. The SMILES string of the molecule is Cc1c(N2N=C(C(=O)[O-])C(N=Nc3ccccc3S(=O)(=O)O)C2=O)cc(NC(=O)c2cc(Cl)nnc2Cl)cc1S(=O)(=O)O.[Na+]. The molecule has 0 aliphatic carbocycles. The Kier molecular flexibility index (Phi) is 10.6. The molecular formula is C22H14Cl2N7NaO10S2. The quantitative estimate of drug-likeness (QED) is 0.138. The number of benzene rings is 2. The van der Waals surface area contributed by atoms with Gasteiger partial charge < -0.3 is 15.2 Å². The zero-order valence-corrected chi connectivity index (χ0v) is 27.2. The molecule has 1 atom stereocenters. The first kappa shape index (κ1) is 35.1. The Labute approximate surface area is 279 Å². The Bertz CT molecular complexity index is 1990. The number of aliphatic carboxylic acids is 1. The van der Waals surface area contributed by atoms with Gasteiger partial charge in [-0.3, -0.25) is 18.7 Å². The normalized spacial score (nSPS) is 15.2. The predicted octanol–water partition coefficient (Wildman–Crippen LogP) is -1.55. The first-order valence-corrected chi connectivity index (χ1v) is 14.9. The number of hydrogen-bond acceptors (Lipinski definition) is 13. The summed E-state index contributed by atoms with van der Waals surface area (Å²) in [6.07, 6.45) is 0. The number of carboxylic acids is 1. The van der Waals surface area contributed by atoms with Crippen LogP contribution in [0.25, 0.3) is 0 Å². The van der Waals surface area contributed by atoms with Crippen LogP contribution >= 0.6 is 23.2 Å². The number of anilines is 2. The number of hydrazone groups is 1. The summed E-state index contributed by atoms with van der Waals surface area (Å²) < 4.78 is 66.8. The van der Waals surface area contributed by atoms with Crippen LogP contribution in [-0.2, 0) is 29.8 Å². The number of carbonyl (C=O) groups is 3. The molecule has 0 fully saturated rings. The number of nitrogens with zero attached hydrogens (tertiary/aromatic N) is 6. The molecule has 17 nitrogen and oxygen atoms in total. The third kappa shape index (κ3) is 7.45. The van der Waals surface area contributed by atoms with Crippen LogP contribution in [0.4, 0.5) is 17.1 Å². The first-order valence-electron chi connectivity index (χ1n) is 11.2. The topological polar surface area (TPSA) is 261 Å². The first-order chi connectivity index (χ1) is 20.0. The monoisotopic (exact) mass is 693 g/mol. The Balaban J connectivity index is 0.00000529. The summed E-state index contributed by atoms with van der Waals surface area (Å²) in [7, 11) is -9.79. The van der Waals surface area contributed by atoms with Crippen LogP contribution in [0.3, 0.4) is 0 Å². The average Bonchev–Trinajstić information content (AvgIpc) is 3.24. The maximum absolute atomic E-state index is 13.3. The van der Waals surface area contributed by atoms with E-state index in [4.69, 9.17) is 23.2 Å². The summed E-state index contributed by atoms with van der Waals surface area (Å²) in [6, 6.07) is 5.54. The fraction of sp³-hybridized carbons (Fsp3) is 0.0909. The molecule has 3 N–H and O–H groups in total. The molecule has 0 radical (unpaired) electrons. The number of hydrogen-bond donors (Lipinski definition) is 3. The van der Waals surface area contributed by atoms with Gasteiger partial charge in [-0.1, -0.05) is 35.3 Å². The molecule has 2 heterocycles. The van der Waals surface area contributed by atoms with E-state index < -0.39 is 70.9 Å². The van der Waals surface area contributed by atoms with E-state index in [1.807, 2.05) is 0 Å². The van der Waals surface area contributed by atoms with E-state index in [0.717, 1.165) is 37.3 Å². The molecule has 1 aromatic heterocycles. The molecule has 224 valence electrons. The summed E-state index contributed by atoms with van der Waals surface area (Å²) in [5.41, 5.74) is -2.82. The number of azo groups is 1. The number of halogens is 2. The zero-order valence-electron chi connectivity index (χ0n) is 22.0. The number of rotatable bonds is 8. The van der Waals surface area contributed by atoms with Gasteiger partial charge >= 0.3 is 29.6 Å². The average molecular weight is 694 g/mol. The van der Waals surface area contributed by atoms with Crippen molar-refractivity contribution in [2.45, 2.75) is 22.8 Å². The smallest absolute Gasteiger partial charge is 0.543 e. The second kappa shape index (κ2) is 13.3. The number of nitrogens with one attached hydrogen (secondary N) is 1. The van der Waals surface area contributed by atoms with E-state index in [1.54, 1.807) is 0 Å². The van der Waals surface area contributed by atoms with E-state index in [0.29, 0.717) is 5.01 Å². The van der Waals surface area contributed by atoms with Crippen LogP contribution in [-0.4, -0.2) is 65.7 Å². The van der Waals surface area contributed by atoms with Crippen molar-refractivity contribution in [1.82, 2.24) is 10.2 Å². The molecule has 2 amide bonds. The molecule has 1 aliphatic heterocycles. The summed E-state index contributed by atoms with van der Waals surface area (Å²) >= 11 is 11.6. The summed E-state index contributed by atoms with van der Waals surface area (Å²) in [6.45, 7) is 1.14. The molecule has 44 heavy (non-hydrogen) atoms. The molecule has 1 aliphatic rings. The van der Waals surface area contributed by atoms with Crippen LogP contribution in [0.5, 0.6) is 0 Å². The standard InChI is InChI=1S/C22H15Cl2N7O10S2.Na/c1-9-13(6-10(7-15(9)43(39,40)41)25-20(32)11-8-16(23)27-29-19(11)24)31-21(33)17(18(30-31)22(34)35)28-26-12-4-2-3-5-14(12)42(36,37)38;/h2-8,17H,1H3,(H,25,32)(H,34,35)(H,36,37,38)(H,39,40,41);/q;+1/p-1. The maximum atomic E-state index is 13.3. The predicted molar refractivity (Wildman–Crippen MR) is 145 cm³/mol. The third-order valence-corrected chi connectivity index (χ3v) is 7.95. The van der Waals surface area contributed by atoms with Crippen LogP contribution in [0, 0.1) is 6.92 Å². The maximum Gasteiger partial charge on any atom is 1.00 e. The number of amides is 2.